The van der Waals surface area contributed by atoms with E-state index in [0.29, 0.717) is 5.82 Å². The first kappa shape index (κ1) is 13.0. The maximum Gasteiger partial charge on any atom is 0.134 e. The molecule has 0 saturated carbocycles. The van der Waals surface area contributed by atoms with Crippen molar-refractivity contribution in [3.63, 3.8) is 0 Å². The van der Waals surface area contributed by atoms with E-state index in [1.807, 2.05) is 13.0 Å². The minimum atomic E-state index is 0.541. The Balaban J connectivity index is 1.92. The average Bonchev–Trinajstić information content (AvgIpc) is 2.36. The van der Waals surface area contributed by atoms with E-state index in [4.69, 9.17) is 10.5 Å². The van der Waals surface area contributed by atoms with Crippen LogP contribution in [0.5, 0.6) is 0 Å². The quantitative estimate of drug-likeness (QED) is 0.821. The number of piperazine rings is 1. The van der Waals surface area contributed by atoms with Crippen molar-refractivity contribution >= 4 is 11.6 Å². The number of aryl methyl sites for hydroxylation is 1. The van der Waals surface area contributed by atoms with Gasteiger partial charge < -0.3 is 15.4 Å². The molecule has 0 atom stereocenters. The van der Waals surface area contributed by atoms with Crippen LogP contribution >= 0.6 is 0 Å². The van der Waals surface area contributed by atoms with Crippen LogP contribution in [-0.4, -0.2) is 61.3 Å². The van der Waals surface area contributed by atoms with Gasteiger partial charge >= 0.3 is 0 Å². The third-order valence-electron chi connectivity index (χ3n) is 3.15. The van der Waals surface area contributed by atoms with Gasteiger partial charge in [0.05, 0.1) is 6.61 Å². The number of nitrogens with zero attached hydrogens (tertiary/aromatic N) is 4. The van der Waals surface area contributed by atoms with Gasteiger partial charge in [-0.1, -0.05) is 0 Å². The maximum atomic E-state index is 5.75. The van der Waals surface area contributed by atoms with Gasteiger partial charge in [0.1, 0.15) is 17.5 Å². The topological polar surface area (TPSA) is 67.5 Å². The van der Waals surface area contributed by atoms with Crippen molar-refractivity contribution in [1.82, 2.24) is 14.9 Å². The predicted molar refractivity (Wildman–Crippen MR) is 71.7 cm³/mol. The fraction of sp³-hybridized carbons (Fsp3) is 0.667. The van der Waals surface area contributed by atoms with E-state index in [1.165, 1.54) is 0 Å². The van der Waals surface area contributed by atoms with Gasteiger partial charge in [-0.25, -0.2) is 9.97 Å². The lowest BCUT2D eigenvalue weighted by atomic mass is 10.3. The highest BCUT2D eigenvalue weighted by Gasteiger charge is 2.18. The summed E-state index contributed by atoms with van der Waals surface area (Å²) in [4.78, 5) is 13.2. The normalized spacial score (nSPS) is 17.1. The Bertz CT molecular complexity index is 370. The highest BCUT2D eigenvalue weighted by atomic mass is 16.5. The van der Waals surface area contributed by atoms with Crippen LogP contribution in [0.1, 0.15) is 5.82 Å². The first-order chi connectivity index (χ1) is 8.69. The zero-order valence-electron chi connectivity index (χ0n) is 11.1. The van der Waals surface area contributed by atoms with E-state index in [1.54, 1.807) is 7.11 Å². The van der Waals surface area contributed by atoms with Crippen molar-refractivity contribution in [2.24, 2.45) is 0 Å². The number of anilines is 2. The largest absolute Gasteiger partial charge is 0.384 e. The molecule has 0 bridgehead atoms. The van der Waals surface area contributed by atoms with Crippen molar-refractivity contribution < 1.29 is 4.74 Å². The molecule has 1 fully saturated rings. The van der Waals surface area contributed by atoms with Crippen LogP contribution in [0, 0.1) is 6.92 Å². The molecule has 1 aromatic rings. The highest BCUT2D eigenvalue weighted by Crippen LogP contribution is 2.15. The van der Waals surface area contributed by atoms with E-state index >= 15 is 0 Å². The average molecular weight is 251 g/mol. The Morgan fingerprint density at radius 1 is 1.28 bits per heavy atom. The number of hydrogen-bond acceptors (Lipinski definition) is 6. The van der Waals surface area contributed by atoms with Crippen molar-refractivity contribution in [2.45, 2.75) is 6.92 Å². The zero-order valence-corrected chi connectivity index (χ0v) is 11.1. The Morgan fingerprint density at radius 2 is 2.00 bits per heavy atom. The molecule has 1 saturated heterocycles. The molecule has 2 N–H and O–H groups in total. The van der Waals surface area contributed by atoms with Crippen LogP contribution in [-0.2, 0) is 4.74 Å². The molecule has 0 amide bonds. The maximum absolute atomic E-state index is 5.75. The molecule has 0 aromatic carbocycles. The van der Waals surface area contributed by atoms with Crippen LogP contribution in [0.4, 0.5) is 11.6 Å². The summed E-state index contributed by atoms with van der Waals surface area (Å²) in [5, 5.41) is 0. The highest BCUT2D eigenvalue weighted by molar-refractivity contribution is 5.47. The number of rotatable bonds is 4. The molecule has 2 heterocycles. The van der Waals surface area contributed by atoms with E-state index in [-0.39, 0.29) is 0 Å². The fourth-order valence-corrected chi connectivity index (χ4v) is 2.16. The summed E-state index contributed by atoms with van der Waals surface area (Å²) in [6.45, 7) is 7.67. The fourth-order valence-electron chi connectivity index (χ4n) is 2.16. The lowest BCUT2D eigenvalue weighted by Crippen LogP contribution is -2.47. The Kier molecular flexibility index (Phi) is 4.33. The van der Waals surface area contributed by atoms with Gasteiger partial charge in [0.25, 0.3) is 0 Å². The third-order valence-corrected chi connectivity index (χ3v) is 3.15. The molecule has 1 aromatic heterocycles. The molecule has 0 unspecified atom stereocenters. The zero-order chi connectivity index (χ0) is 13.0. The minimum Gasteiger partial charge on any atom is -0.384 e. The lowest BCUT2D eigenvalue weighted by molar-refractivity contribution is 0.144. The van der Waals surface area contributed by atoms with Crippen LogP contribution in [0.2, 0.25) is 0 Å². The van der Waals surface area contributed by atoms with Crippen molar-refractivity contribution in [3.8, 4) is 0 Å². The minimum absolute atomic E-state index is 0.541. The molecule has 0 spiro atoms. The van der Waals surface area contributed by atoms with E-state index in [2.05, 4.69) is 19.8 Å². The summed E-state index contributed by atoms with van der Waals surface area (Å²) in [7, 11) is 1.74. The Morgan fingerprint density at radius 3 is 2.61 bits per heavy atom. The molecule has 1 aliphatic rings. The van der Waals surface area contributed by atoms with Crippen molar-refractivity contribution in [2.75, 3.05) is 57.1 Å². The molecule has 6 nitrogen and oxygen atoms in total. The monoisotopic (exact) mass is 251 g/mol. The van der Waals surface area contributed by atoms with Crippen LogP contribution < -0.4 is 10.6 Å². The van der Waals surface area contributed by atoms with Crippen LogP contribution in [0.3, 0.4) is 0 Å². The van der Waals surface area contributed by atoms with Gasteiger partial charge in [-0.05, 0) is 6.92 Å². The second-order valence-electron chi connectivity index (χ2n) is 4.52. The summed E-state index contributed by atoms with van der Waals surface area (Å²) in [5.41, 5.74) is 5.75. The van der Waals surface area contributed by atoms with Crippen LogP contribution in [0.25, 0.3) is 0 Å². The van der Waals surface area contributed by atoms with Gasteiger partial charge in [0.2, 0.25) is 0 Å². The summed E-state index contributed by atoms with van der Waals surface area (Å²) in [6, 6.07) is 1.85. The number of ether oxygens (including phenoxy) is 1. The summed E-state index contributed by atoms with van der Waals surface area (Å²) in [6.07, 6.45) is 0. The second kappa shape index (κ2) is 5.97. The number of methoxy groups -OCH3 is 1. The SMILES string of the molecule is COCCN1CCN(c2cc(N)nc(C)n2)CC1. The molecule has 0 aliphatic carbocycles. The Labute approximate surface area is 108 Å². The molecule has 2 rings (SSSR count). The van der Waals surface area contributed by atoms with Gasteiger partial charge in [0.15, 0.2) is 0 Å². The van der Waals surface area contributed by atoms with E-state index in [9.17, 15) is 0 Å². The number of nitrogen functional groups attached to an aromatic ring is 1. The Hall–Kier alpha value is -1.40. The van der Waals surface area contributed by atoms with Crippen molar-refractivity contribution in [3.05, 3.63) is 11.9 Å². The van der Waals surface area contributed by atoms with Gasteiger partial charge in [0, 0.05) is 45.9 Å². The lowest BCUT2D eigenvalue weighted by Gasteiger charge is -2.35. The molecular weight excluding hydrogens is 230 g/mol. The molecule has 6 heteroatoms. The smallest absolute Gasteiger partial charge is 0.134 e. The van der Waals surface area contributed by atoms with Crippen LogP contribution in [0.15, 0.2) is 6.07 Å². The first-order valence-electron chi connectivity index (χ1n) is 6.26. The number of aromatic nitrogens is 2. The molecular formula is C12H21N5O. The summed E-state index contributed by atoms with van der Waals surface area (Å²) in [5.74, 6) is 2.21. The number of nitrogens with two attached hydrogens (primary N) is 1. The van der Waals surface area contributed by atoms with E-state index < -0.39 is 0 Å². The number of hydrogen-bond donors (Lipinski definition) is 1. The van der Waals surface area contributed by atoms with Gasteiger partial charge in [-0.15, -0.1) is 0 Å². The molecule has 18 heavy (non-hydrogen) atoms. The molecule has 100 valence electrons. The molecule has 1 aliphatic heterocycles. The second-order valence-corrected chi connectivity index (χ2v) is 4.52. The van der Waals surface area contributed by atoms with Crippen molar-refractivity contribution in [1.29, 1.82) is 0 Å². The summed E-state index contributed by atoms with van der Waals surface area (Å²) < 4.78 is 5.10. The van der Waals surface area contributed by atoms with Gasteiger partial charge in [-0.3, -0.25) is 4.90 Å². The summed E-state index contributed by atoms with van der Waals surface area (Å²) >= 11 is 0. The van der Waals surface area contributed by atoms with Gasteiger partial charge in [-0.2, -0.15) is 0 Å². The standard InChI is InChI=1S/C12H21N5O/c1-10-14-11(13)9-12(15-10)17-5-3-16(4-6-17)7-8-18-2/h9H,3-8H2,1-2H3,(H2,13,14,15). The predicted octanol–water partition coefficient (Wildman–Crippen LogP) is 0.136. The first-order valence-corrected chi connectivity index (χ1v) is 6.26. The third kappa shape index (κ3) is 3.30. The van der Waals surface area contributed by atoms with E-state index in [0.717, 1.165) is 51.0 Å². The molecule has 0 radical (unpaired) electrons.